The van der Waals surface area contributed by atoms with E-state index in [0.717, 1.165) is 29.1 Å². The number of alkyl halides is 3. The molecule has 0 aliphatic carbocycles. The summed E-state index contributed by atoms with van der Waals surface area (Å²) in [6.07, 6.45) is -3.94. The average molecular weight is 413 g/mol. The summed E-state index contributed by atoms with van der Waals surface area (Å²) in [4.78, 5) is 4.27. The molecule has 160 valence electrons. The van der Waals surface area contributed by atoms with Gasteiger partial charge in [0.05, 0.1) is 17.8 Å². The fourth-order valence-corrected chi connectivity index (χ4v) is 3.14. The molecule has 0 aliphatic rings. The smallest absolute Gasteiger partial charge is 0.357 e. The van der Waals surface area contributed by atoms with E-state index in [-0.39, 0.29) is 18.2 Å². The van der Waals surface area contributed by atoms with Crippen LogP contribution in [0.25, 0.3) is 0 Å². The van der Waals surface area contributed by atoms with Crippen LogP contribution in [0.15, 0.2) is 23.2 Å². The maximum absolute atomic E-state index is 13.3. The molecule has 0 bridgehead atoms. The molecule has 0 saturated heterocycles. The first-order chi connectivity index (χ1) is 13.5. The first-order valence-corrected chi connectivity index (χ1v) is 9.42. The highest BCUT2D eigenvalue weighted by Crippen LogP contribution is 2.32. The van der Waals surface area contributed by atoms with Gasteiger partial charge in [0.15, 0.2) is 5.96 Å². The van der Waals surface area contributed by atoms with E-state index >= 15 is 0 Å². The summed E-state index contributed by atoms with van der Waals surface area (Å²) in [5.41, 5.74) is 2.05. The van der Waals surface area contributed by atoms with Crippen molar-refractivity contribution in [3.63, 3.8) is 0 Å². The molecule has 2 N–H and O–H groups in total. The van der Waals surface area contributed by atoms with Gasteiger partial charge in [-0.25, -0.2) is 9.38 Å². The van der Waals surface area contributed by atoms with Gasteiger partial charge in [0.1, 0.15) is 5.82 Å². The highest BCUT2D eigenvalue weighted by Gasteiger charge is 2.33. The third-order valence-electron chi connectivity index (χ3n) is 4.68. The van der Waals surface area contributed by atoms with E-state index < -0.39 is 17.6 Å². The van der Waals surface area contributed by atoms with Gasteiger partial charge in [-0.05, 0) is 57.4 Å². The Balaban J connectivity index is 2.16. The van der Waals surface area contributed by atoms with Crippen molar-refractivity contribution in [1.82, 2.24) is 20.4 Å². The van der Waals surface area contributed by atoms with Crippen LogP contribution in [-0.4, -0.2) is 28.3 Å². The van der Waals surface area contributed by atoms with Crippen molar-refractivity contribution in [2.75, 3.05) is 6.54 Å². The maximum atomic E-state index is 13.3. The minimum Gasteiger partial charge on any atom is -0.357 e. The summed E-state index contributed by atoms with van der Waals surface area (Å²) in [7, 11) is 1.89. The van der Waals surface area contributed by atoms with Gasteiger partial charge in [0.2, 0.25) is 0 Å². The van der Waals surface area contributed by atoms with E-state index in [1.165, 1.54) is 0 Å². The van der Waals surface area contributed by atoms with Gasteiger partial charge < -0.3 is 10.6 Å². The normalized spacial score (nSPS) is 13.5. The number of aliphatic imine (C=N–C) groups is 1. The monoisotopic (exact) mass is 413 g/mol. The Morgan fingerprint density at radius 2 is 1.97 bits per heavy atom. The lowest BCUT2D eigenvalue weighted by molar-refractivity contribution is -0.138. The molecule has 1 atom stereocenters. The maximum Gasteiger partial charge on any atom is 0.416 e. The second kappa shape index (κ2) is 9.28. The molecule has 0 amide bonds. The molecule has 0 spiro atoms. The number of rotatable bonds is 6. The zero-order valence-corrected chi connectivity index (χ0v) is 17.3. The Morgan fingerprint density at radius 1 is 1.28 bits per heavy atom. The van der Waals surface area contributed by atoms with Crippen molar-refractivity contribution in [2.45, 2.75) is 52.9 Å². The van der Waals surface area contributed by atoms with Gasteiger partial charge in [-0.15, -0.1) is 0 Å². The van der Waals surface area contributed by atoms with Crippen LogP contribution in [0, 0.1) is 19.7 Å². The lowest BCUT2D eigenvalue weighted by Gasteiger charge is -2.18. The second-order valence-electron chi connectivity index (χ2n) is 7.02. The number of hydrogen-bond acceptors (Lipinski definition) is 2. The molecular formula is C20H27F4N5. The van der Waals surface area contributed by atoms with Crippen LogP contribution < -0.4 is 10.6 Å². The van der Waals surface area contributed by atoms with Crippen molar-refractivity contribution in [1.29, 1.82) is 0 Å². The summed E-state index contributed by atoms with van der Waals surface area (Å²) in [6, 6.07) is 2.61. The van der Waals surface area contributed by atoms with E-state index in [1.807, 2.05) is 39.4 Å². The summed E-state index contributed by atoms with van der Waals surface area (Å²) in [5, 5.41) is 10.7. The Hall–Kier alpha value is -2.58. The number of aryl methyl sites for hydroxylation is 2. The number of halogens is 4. The highest BCUT2D eigenvalue weighted by atomic mass is 19.4. The molecule has 29 heavy (non-hydrogen) atoms. The molecule has 1 aromatic carbocycles. The van der Waals surface area contributed by atoms with E-state index in [2.05, 4.69) is 20.7 Å². The highest BCUT2D eigenvalue weighted by molar-refractivity contribution is 5.80. The molecule has 1 aromatic heterocycles. The van der Waals surface area contributed by atoms with Crippen molar-refractivity contribution >= 4 is 5.96 Å². The van der Waals surface area contributed by atoms with Crippen LogP contribution in [0.4, 0.5) is 17.6 Å². The van der Waals surface area contributed by atoms with E-state index in [1.54, 1.807) is 0 Å². The molecule has 1 heterocycles. The lowest BCUT2D eigenvalue weighted by Crippen LogP contribution is -2.43. The van der Waals surface area contributed by atoms with Gasteiger partial charge in [-0.3, -0.25) is 4.68 Å². The topological polar surface area (TPSA) is 54.2 Å². The van der Waals surface area contributed by atoms with Crippen molar-refractivity contribution in [3.05, 3.63) is 52.1 Å². The van der Waals surface area contributed by atoms with E-state index in [9.17, 15) is 17.6 Å². The number of nitrogens with one attached hydrogen (secondary N) is 2. The van der Waals surface area contributed by atoms with Gasteiger partial charge in [-0.1, -0.05) is 6.07 Å². The Bertz CT molecular complexity index is 870. The summed E-state index contributed by atoms with van der Waals surface area (Å²) >= 11 is 0. The summed E-state index contributed by atoms with van der Waals surface area (Å²) in [6.45, 7) is 8.12. The fourth-order valence-electron chi connectivity index (χ4n) is 3.14. The minimum absolute atomic E-state index is 0.0234. The standard InChI is InChI=1S/C20H27F4N5/c1-6-25-19(27-12(2)9-17-13(3)28-29(5)14(17)4)26-11-15-7-8-16(21)10-18(15)20(22,23)24/h7-8,10,12H,6,9,11H2,1-5H3,(H2,25,26,27). The van der Waals surface area contributed by atoms with Crippen LogP contribution in [-0.2, 0) is 26.2 Å². The van der Waals surface area contributed by atoms with E-state index in [0.29, 0.717) is 25.0 Å². The van der Waals surface area contributed by atoms with Gasteiger partial charge in [0.25, 0.3) is 0 Å². The molecule has 0 aliphatic heterocycles. The third kappa shape index (κ3) is 5.95. The third-order valence-corrected chi connectivity index (χ3v) is 4.68. The lowest BCUT2D eigenvalue weighted by atomic mass is 10.1. The molecule has 2 aromatic rings. The predicted molar refractivity (Wildman–Crippen MR) is 105 cm³/mol. The first kappa shape index (κ1) is 22.7. The Kier molecular flexibility index (Phi) is 7.26. The first-order valence-electron chi connectivity index (χ1n) is 9.42. The minimum atomic E-state index is -4.64. The van der Waals surface area contributed by atoms with Crippen molar-refractivity contribution < 1.29 is 17.6 Å². The van der Waals surface area contributed by atoms with E-state index in [4.69, 9.17) is 0 Å². The van der Waals surface area contributed by atoms with Crippen LogP contribution >= 0.6 is 0 Å². The predicted octanol–water partition coefficient (Wildman–Crippen LogP) is 3.88. The SMILES string of the molecule is CCNC(=NCc1ccc(F)cc1C(F)(F)F)NC(C)Cc1c(C)nn(C)c1C. The number of benzene rings is 1. The zero-order chi connectivity index (χ0) is 21.8. The Morgan fingerprint density at radius 3 is 2.52 bits per heavy atom. The molecule has 1 unspecified atom stereocenters. The van der Waals surface area contributed by atoms with Crippen LogP contribution in [0.2, 0.25) is 0 Å². The fraction of sp³-hybridized carbons (Fsp3) is 0.500. The van der Waals surface area contributed by atoms with Gasteiger partial charge >= 0.3 is 6.18 Å². The largest absolute Gasteiger partial charge is 0.416 e. The average Bonchev–Trinajstić information content (AvgIpc) is 2.86. The van der Waals surface area contributed by atoms with Gasteiger partial charge in [-0.2, -0.15) is 18.3 Å². The van der Waals surface area contributed by atoms with Crippen LogP contribution in [0.5, 0.6) is 0 Å². The van der Waals surface area contributed by atoms with Crippen LogP contribution in [0.1, 0.15) is 41.9 Å². The second-order valence-corrected chi connectivity index (χ2v) is 7.02. The van der Waals surface area contributed by atoms with Gasteiger partial charge in [0, 0.05) is 25.3 Å². The number of hydrogen-bond donors (Lipinski definition) is 2. The number of guanidine groups is 1. The summed E-state index contributed by atoms with van der Waals surface area (Å²) < 4.78 is 54.6. The Labute approximate surface area is 168 Å². The van der Waals surface area contributed by atoms with Crippen LogP contribution in [0.3, 0.4) is 0 Å². The number of nitrogens with zero attached hydrogens (tertiary/aromatic N) is 3. The van der Waals surface area contributed by atoms with Crippen molar-refractivity contribution in [2.24, 2.45) is 12.0 Å². The molecule has 0 saturated carbocycles. The summed E-state index contributed by atoms with van der Waals surface area (Å²) in [5.74, 6) is -0.525. The molecular weight excluding hydrogens is 386 g/mol. The number of aromatic nitrogens is 2. The zero-order valence-electron chi connectivity index (χ0n) is 17.3. The molecule has 0 radical (unpaired) electrons. The molecule has 5 nitrogen and oxygen atoms in total. The molecule has 0 fully saturated rings. The quantitative estimate of drug-likeness (QED) is 0.429. The molecule has 2 rings (SSSR count). The van der Waals surface area contributed by atoms with Crippen molar-refractivity contribution in [3.8, 4) is 0 Å². The molecule has 9 heteroatoms.